The van der Waals surface area contributed by atoms with Crippen molar-refractivity contribution in [2.24, 2.45) is 5.41 Å². The highest BCUT2D eigenvalue weighted by Crippen LogP contribution is 2.47. The number of nitrogens with zero attached hydrogens (tertiary/aromatic N) is 3. The molecule has 0 spiro atoms. The van der Waals surface area contributed by atoms with Gasteiger partial charge in [0.15, 0.2) is 0 Å². The molecule has 5 aromatic rings. The quantitative estimate of drug-likeness (QED) is 0.232. The molecule has 0 radical (unpaired) electrons. The van der Waals surface area contributed by atoms with E-state index in [0.717, 1.165) is 41.4 Å². The van der Waals surface area contributed by atoms with Crippen LogP contribution in [0.5, 0.6) is 11.5 Å². The number of anilines is 2. The highest BCUT2D eigenvalue weighted by atomic mass is 19.1. The van der Waals surface area contributed by atoms with Gasteiger partial charge in [-0.1, -0.05) is 6.07 Å². The predicted molar refractivity (Wildman–Crippen MR) is 153 cm³/mol. The SMILES string of the molecule is O=C(Nc1ccc(F)cc1)C1(C(=O)Nc2ccc(Oc3ccnc4cc(-c5cnn6c5CCC6)ccc34)cc2)CC1. The van der Waals surface area contributed by atoms with Crippen LogP contribution in [0.4, 0.5) is 15.8 Å². The number of hydrogen-bond acceptors (Lipinski definition) is 5. The molecule has 1 aliphatic carbocycles. The van der Waals surface area contributed by atoms with Gasteiger partial charge in [-0.3, -0.25) is 19.3 Å². The maximum atomic E-state index is 13.2. The van der Waals surface area contributed by atoms with Crippen LogP contribution in [0.15, 0.2) is 85.2 Å². The minimum atomic E-state index is -1.13. The summed E-state index contributed by atoms with van der Waals surface area (Å²) in [5, 5.41) is 11.0. The van der Waals surface area contributed by atoms with Gasteiger partial charge in [0.05, 0.1) is 11.7 Å². The lowest BCUT2D eigenvalue weighted by molar-refractivity contribution is -0.131. The second-order valence-electron chi connectivity index (χ2n) is 10.5. The molecular weight excluding hydrogens is 521 g/mol. The standard InChI is InChI=1S/C32H26FN5O3/c33-21-4-6-22(7-5-21)36-30(39)32(14-15-32)31(40)37-23-8-10-24(11-9-23)41-29-13-16-34-27-18-20(3-12-25(27)29)26-19-35-38-17-1-2-28(26)38/h3-13,16,18-19H,1-2,14-15,17H2,(H,36,39)(H,37,40). The molecule has 1 saturated carbocycles. The fourth-order valence-electron chi connectivity index (χ4n) is 5.33. The van der Waals surface area contributed by atoms with E-state index in [2.05, 4.69) is 37.5 Å². The van der Waals surface area contributed by atoms with E-state index in [9.17, 15) is 14.0 Å². The molecule has 2 amide bonds. The van der Waals surface area contributed by atoms with E-state index in [1.54, 1.807) is 30.5 Å². The summed E-state index contributed by atoms with van der Waals surface area (Å²) < 4.78 is 21.4. The Balaban J connectivity index is 1.03. The first-order valence-electron chi connectivity index (χ1n) is 13.6. The van der Waals surface area contributed by atoms with Gasteiger partial charge in [0, 0.05) is 40.8 Å². The van der Waals surface area contributed by atoms with Crippen molar-refractivity contribution in [2.75, 3.05) is 10.6 Å². The third-order valence-corrected chi connectivity index (χ3v) is 7.81. The van der Waals surface area contributed by atoms with Gasteiger partial charge in [-0.25, -0.2) is 4.39 Å². The Morgan fingerprint density at radius 1 is 0.902 bits per heavy atom. The summed E-state index contributed by atoms with van der Waals surface area (Å²) in [6.45, 7) is 0.968. The van der Waals surface area contributed by atoms with E-state index >= 15 is 0 Å². The highest BCUT2D eigenvalue weighted by Gasteiger charge is 2.56. The van der Waals surface area contributed by atoms with Crippen LogP contribution < -0.4 is 15.4 Å². The number of nitrogens with one attached hydrogen (secondary N) is 2. The number of aryl methyl sites for hydroxylation is 1. The molecule has 0 bridgehead atoms. The molecule has 8 nitrogen and oxygen atoms in total. The van der Waals surface area contributed by atoms with Crippen molar-refractivity contribution in [3.8, 4) is 22.6 Å². The fourth-order valence-corrected chi connectivity index (χ4v) is 5.33. The topological polar surface area (TPSA) is 98.1 Å². The molecule has 0 saturated heterocycles. The largest absolute Gasteiger partial charge is 0.457 e. The van der Waals surface area contributed by atoms with E-state index in [-0.39, 0.29) is 5.91 Å². The van der Waals surface area contributed by atoms with Crippen molar-refractivity contribution < 1.29 is 18.7 Å². The third kappa shape index (κ3) is 4.69. The Bertz CT molecular complexity index is 1790. The average Bonchev–Trinajstić information content (AvgIpc) is 3.51. The van der Waals surface area contributed by atoms with E-state index < -0.39 is 17.1 Å². The smallest absolute Gasteiger partial charge is 0.240 e. The Kier molecular flexibility index (Phi) is 6.00. The van der Waals surface area contributed by atoms with Crippen molar-refractivity contribution in [1.82, 2.24) is 14.8 Å². The van der Waals surface area contributed by atoms with Gasteiger partial charge in [-0.15, -0.1) is 0 Å². The van der Waals surface area contributed by atoms with E-state index in [1.807, 2.05) is 18.3 Å². The number of carbonyl (C=O) groups is 2. The van der Waals surface area contributed by atoms with Crippen molar-refractivity contribution in [1.29, 1.82) is 0 Å². The van der Waals surface area contributed by atoms with Crippen LogP contribution in [0.25, 0.3) is 22.0 Å². The zero-order valence-electron chi connectivity index (χ0n) is 22.1. The maximum absolute atomic E-state index is 13.2. The van der Waals surface area contributed by atoms with Crippen LogP contribution in [0, 0.1) is 11.2 Å². The molecular formula is C32H26FN5O3. The van der Waals surface area contributed by atoms with Crippen molar-refractivity contribution >= 4 is 34.1 Å². The summed E-state index contributed by atoms with van der Waals surface area (Å²) >= 11 is 0. The minimum absolute atomic E-state index is 0.370. The normalized spacial score (nSPS) is 14.9. The lowest BCUT2D eigenvalue weighted by Crippen LogP contribution is -2.35. The Labute approximate surface area is 235 Å². The molecule has 2 N–H and O–H groups in total. The molecule has 0 unspecified atom stereocenters. The Morgan fingerprint density at radius 2 is 1.61 bits per heavy atom. The zero-order valence-corrected chi connectivity index (χ0v) is 22.1. The van der Waals surface area contributed by atoms with Gasteiger partial charge >= 0.3 is 0 Å². The first kappa shape index (κ1) is 25.0. The predicted octanol–water partition coefficient (Wildman–Crippen LogP) is 6.33. The summed E-state index contributed by atoms with van der Waals surface area (Å²) in [7, 11) is 0. The number of pyridine rings is 1. The van der Waals surface area contributed by atoms with Crippen LogP contribution >= 0.6 is 0 Å². The van der Waals surface area contributed by atoms with Gasteiger partial charge in [0.1, 0.15) is 22.7 Å². The van der Waals surface area contributed by atoms with Crippen LogP contribution in [0.2, 0.25) is 0 Å². The van der Waals surface area contributed by atoms with Crippen molar-refractivity contribution in [3.63, 3.8) is 0 Å². The van der Waals surface area contributed by atoms with Gasteiger partial charge < -0.3 is 15.4 Å². The molecule has 7 rings (SSSR count). The van der Waals surface area contributed by atoms with Crippen LogP contribution in [0.1, 0.15) is 25.0 Å². The third-order valence-electron chi connectivity index (χ3n) is 7.81. The Morgan fingerprint density at radius 3 is 2.32 bits per heavy atom. The molecule has 0 atom stereocenters. The molecule has 3 aromatic carbocycles. The van der Waals surface area contributed by atoms with E-state index in [1.165, 1.54) is 30.0 Å². The second kappa shape index (κ2) is 9.85. The lowest BCUT2D eigenvalue weighted by atomic mass is 10.0. The Hall–Kier alpha value is -5.05. The highest BCUT2D eigenvalue weighted by molar-refractivity contribution is 6.16. The number of benzene rings is 3. The molecule has 1 aliphatic heterocycles. The maximum Gasteiger partial charge on any atom is 0.240 e. The molecule has 2 aromatic heterocycles. The molecule has 204 valence electrons. The van der Waals surface area contributed by atoms with E-state index in [4.69, 9.17) is 4.74 Å². The first-order valence-corrected chi connectivity index (χ1v) is 13.6. The number of rotatable bonds is 7. The van der Waals surface area contributed by atoms with Gasteiger partial charge in [-0.05, 0) is 98.0 Å². The second-order valence-corrected chi connectivity index (χ2v) is 10.5. The van der Waals surface area contributed by atoms with Crippen LogP contribution in [0.3, 0.4) is 0 Å². The summed E-state index contributed by atoms with van der Waals surface area (Å²) in [5.74, 6) is 0.115. The molecule has 2 aliphatic rings. The minimum Gasteiger partial charge on any atom is -0.457 e. The van der Waals surface area contributed by atoms with Crippen LogP contribution in [-0.2, 0) is 22.6 Å². The summed E-state index contributed by atoms with van der Waals surface area (Å²) in [6, 6.07) is 20.5. The van der Waals surface area contributed by atoms with Crippen molar-refractivity contribution in [3.05, 3.63) is 96.7 Å². The van der Waals surface area contributed by atoms with Gasteiger partial charge in [0.2, 0.25) is 11.8 Å². The molecule has 3 heterocycles. The summed E-state index contributed by atoms with van der Waals surface area (Å²) in [6.07, 6.45) is 6.71. The number of hydrogen-bond donors (Lipinski definition) is 2. The summed E-state index contributed by atoms with van der Waals surface area (Å²) in [4.78, 5) is 30.4. The van der Waals surface area contributed by atoms with Gasteiger partial charge in [-0.2, -0.15) is 5.10 Å². The number of fused-ring (bicyclic) bond motifs is 2. The average molecular weight is 548 g/mol. The zero-order chi connectivity index (χ0) is 28.0. The lowest BCUT2D eigenvalue weighted by Gasteiger charge is -2.16. The first-order chi connectivity index (χ1) is 20.0. The summed E-state index contributed by atoms with van der Waals surface area (Å²) in [5.41, 5.74) is 4.21. The fraction of sp³-hybridized carbons (Fsp3) is 0.188. The monoisotopic (exact) mass is 547 g/mol. The van der Waals surface area contributed by atoms with Gasteiger partial charge in [0.25, 0.3) is 0 Å². The molecule has 9 heteroatoms. The number of amides is 2. The number of carbonyl (C=O) groups excluding carboxylic acids is 2. The molecule has 41 heavy (non-hydrogen) atoms. The van der Waals surface area contributed by atoms with Crippen LogP contribution in [-0.4, -0.2) is 26.6 Å². The van der Waals surface area contributed by atoms with Crippen molar-refractivity contribution in [2.45, 2.75) is 32.2 Å². The number of aromatic nitrogens is 3. The number of halogens is 1. The molecule has 1 fully saturated rings. The number of ether oxygens (including phenoxy) is 1. The van der Waals surface area contributed by atoms with E-state index in [0.29, 0.717) is 35.7 Å².